The first-order chi connectivity index (χ1) is 7.20. The third-order valence-corrected chi connectivity index (χ3v) is 1.23. The average Bonchev–Trinajstić information content (AvgIpc) is 2.18. The van der Waals surface area contributed by atoms with Gasteiger partial charge >= 0.3 is 11.9 Å². The van der Waals surface area contributed by atoms with Gasteiger partial charge in [-0.05, 0) is 13.8 Å². The fraction of sp³-hybridized carbons (Fsp3) is 0.500. The van der Waals surface area contributed by atoms with Crippen LogP contribution in [0.25, 0.3) is 0 Å². The Balaban J connectivity index is -0.000000162. The van der Waals surface area contributed by atoms with Gasteiger partial charge in [0, 0.05) is 11.1 Å². The van der Waals surface area contributed by atoms with Gasteiger partial charge < -0.3 is 10.2 Å². The third-order valence-electron chi connectivity index (χ3n) is 1.23. The van der Waals surface area contributed by atoms with Crippen LogP contribution in [0.1, 0.15) is 40.5 Å². The Morgan fingerprint density at radius 2 is 1.00 bits per heavy atom. The second-order valence-corrected chi connectivity index (χ2v) is 3.17. The molecule has 0 aliphatic rings. The summed E-state index contributed by atoms with van der Waals surface area (Å²) in [4.78, 5) is 19.2. The number of rotatable bonds is 3. The standard InChI is InChI=1S/2C4H6O2.C4H10/c2*1-3(2)4(5)6;1-3-4-2/h2*1H2,2H3,(H,5,6);3-4H2,1-2H3. The predicted octanol–water partition coefficient (Wildman–Crippen LogP) is 3.10. The summed E-state index contributed by atoms with van der Waals surface area (Å²) in [5, 5.41) is 15.8. The van der Waals surface area contributed by atoms with Crippen LogP contribution in [0, 0.1) is 0 Å². The van der Waals surface area contributed by atoms with Gasteiger partial charge in [-0.2, -0.15) is 0 Å². The maximum Gasteiger partial charge on any atom is 0.330 e. The summed E-state index contributed by atoms with van der Waals surface area (Å²) >= 11 is 0. The van der Waals surface area contributed by atoms with Crippen LogP contribution >= 0.6 is 0 Å². The van der Waals surface area contributed by atoms with Crippen molar-refractivity contribution in [3.63, 3.8) is 0 Å². The molecule has 0 aliphatic heterocycles. The summed E-state index contributed by atoms with van der Waals surface area (Å²) in [5.41, 5.74) is 0.352. The minimum absolute atomic E-state index is 0.176. The SMILES string of the molecule is C=C(C)C(=O)O.C=C(C)C(=O)O.CCCC. The summed E-state index contributed by atoms with van der Waals surface area (Å²) in [6.07, 6.45) is 2.64. The smallest absolute Gasteiger partial charge is 0.330 e. The van der Waals surface area contributed by atoms with Crippen LogP contribution in [-0.4, -0.2) is 22.2 Å². The zero-order valence-electron chi connectivity index (χ0n) is 10.5. The molecule has 4 nitrogen and oxygen atoms in total. The van der Waals surface area contributed by atoms with Crippen LogP contribution < -0.4 is 0 Å². The lowest BCUT2D eigenvalue weighted by Crippen LogP contribution is -1.92. The van der Waals surface area contributed by atoms with Crippen molar-refractivity contribution in [3.8, 4) is 0 Å². The maximum absolute atomic E-state index is 9.60. The van der Waals surface area contributed by atoms with Gasteiger partial charge in [0.25, 0.3) is 0 Å². The van der Waals surface area contributed by atoms with Gasteiger partial charge in [0.1, 0.15) is 0 Å². The number of carboxylic acid groups (broad SMARTS) is 2. The lowest BCUT2D eigenvalue weighted by molar-refractivity contribution is -0.133. The molecule has 0 aromatic rings. The summed E-state index contributed by atoms with van der Waals surface area (Å²) in [5.74, 6) is -1.87. The van der Waals surface area contributed by atoms with Crippen molar-refractivity contribution in [1.82, 2.24) is 0 Å². The molecule has 4 heteroatoms. The first kappa shape index (κ1) is 19.9. The normalized spacial score (nSPS) is 7.50. The molecule has 0 aromatic carbocycles. The van der Waals surface area contributed by atoms with Crippen LogP contribution in [0.4, 0.5) is 0 Å². The molecule has 0 aromatic heterocycles. The maximum atomic E-state index is 9.60. The van der Waals surface area contributed by atoms with Crippen molar-refractivity contribution >= 4 is 11.9 Å². The van der Waals surface area contributed by atoms with Gasteiger partial charge in [-0.1, -0.05) is 39.8 Å². The number of aliphatic carboxylic acids is 2. The molecule has 2 N–H and O–H groups in total. The van der Waals surface area contributed by atoms with Gasteiger partial charge in [-0.3, -0.25) is 0 Å². The minimum atomic E-state index is -0.935. The summed E-state index contributed by atoms with van der Waals surface area (Å²) in [6, 6.07) is 0. The van der Waals surface area contributed by atoms with Crippen molar-refractivity contribution in [3.05, 3.63) is 24.3 Å². The van der Waals surface area contributed by atoms with Crippen LogP contribution in [0.15, 0.2) is 24.3 Å². The highest BCUT2D eigenvalue weighted by Gasteiger charge is 1.90. The monoisotopic (exact) mass is 230 g/mol. The highest BCUT2D eigenvalue weighted by molar-refractivity contribution is 5.85. The molecule has 0 saturated heterocycles. The van der Waals surface area contributed by atoms with Gasteiger partial charge in [0.15, 0.2) is 0 Å². The van der Waals surface area contributed by atoms with E-state index in [1.165, 1.54) is 26.7 Å². The van der Waals surface area contributed by atoms with Crippen molar-refractivity contribution in [2.45, 2.75) is 40.5 Å². The summed E-state index contributed by atoms with van der Waals surface area (Å²) in [7, 11) is 0. The Hall–Kier alpha value is -1.58. The fourth-order valence-corrected chi connectivity index (χ4v) is 0. The predicted molar refractivity (Wildman–Crippen MR) is 65.5 cm³/mol. The Bertz CT molecular complexity index is 191. The van der Waals surface area contributed by atoms with E-state index in [2.05, 4.69) is 27.0 Å². The van der Waals surface area contributed by atoms with Crippen molar-refractivity contribution in [1.29, 1.82) is 0 Å². The van der Waals surface area contributed by atoms with E-state index in [0.717, 1.165) is 0 Å². The topological polar surface area (TPSA) is 74.6 Å². The minimum Gasteiger partial charge on any atom is -0.478 e. The Morgan fingerprint density at radius 1 is 0.875 bits per heavy atom. The van der Waals surface area contributed by atoms with Gasteiger partial charge in [0.05, 0.1) is 0 Å². The molecule has 0 rings (SSSR count). The summed E-state index contributed by atoms with van der Waals surface area (Å²) in [6.45, 7) is 13.6. The number of hydrogen-bond acceptors (Lipinski definition) is 2. The van der Waals surface area contributed by atoms with Crippen molar-refractivity contribution in [2.75, 3.05) is 0 Å². The quantitative estimate of drug-likeness (QED) is 0.730. The van der Waals surface area contributed by atoms with Gasteiger partial charge in [0.2, 0.25) is 0 Å². The summed E-state index contributed by atoms with van der Waals surface area (Å²) < 4.78 is 0. The Kier molecular flexibility index (Phi) is 16.7. The molecule has 0 amide bonds. The highest BCUT2D eigenvalue weighted by atomic mass is 16.4. The molecule has 0 radical (unpaired) electrons. The van der Waals surface area contributed by atoms with Crippen LogP contribution in [-0.2, 0) is 9.59 Å². The lowest BCUT2D eigenvalue weighted by atomic mass is 10.4. The second-order valence-electron chi connectivity index (χ2n) is 3.17. The zero-order valence-corrected chi connectivity index (χ0v) is 10.5. The number of carboxylic acids is 2. The largest absolute Gasteiger partial charge is 0.478 e. The van der Waals surface area contributed by atoms with Gasteiger partial charge in [-0.25, -0.2) is 9.59 Å². The fourth-order valence-electron chi connectivity index (χ4n) is 0. The van der Waals surface area contributed by atoms with Crippen LogP contribution in [0.5, 0.6) is 0 Å². The van der Waals surface area contributed by atoms with E-state index in [0.29, 0.717) is 0 Å². The van der Waals surface area contributed by atoms with E-state index in [9.17, 15) is 9.59 Å². The lowest BCUT2D eigenvalue weighted by Gasteiger charge is -1.79. The van der Waals surface area contributed by atoms with E-state index in [-0.39, 0.29) is 11.1 Å². The highest BCUT2D eigenvalue weighted by Crippen LogP contribution is 1.81. The molecule has 94 valence electrons. The van der Waals surface area contributed by atoms with Crippen LogP contribution in [0.2, 0.25) is 0 Å². The van der Waals surface area contributed by atoms with E-state index < -0.39 is 11.9 Å². The molecule has 0 unspecified atom stereocenters. The second kappa shape index (κ2) is 13.4. The molecule has 0 fully saturated rings. The van der Waals surface area contributed by atoms with Crippen molar-refractivity contribution < 1.29 is 19.8 Å². The Morgan fingerprint density at radius 3 is 1.00 bits per heavy atom. The van der Waals surface area contributed by atoms with Crippen molar-refractivity contribution in [2.24, 2.45) is 0 Å². The third kappa shape index (κ3) is 29.4. The molecule has 0 spiro atoms. The number of hydrogen-bond donors (Lipinski definition) is 2. The van der Waals surface area contributed by atoms with E-state index >= 15 is 0 Å². The first-order valence-electron chi connectivity index (χ1n) is 4.98. The average molecular weight is 230 g/mol. The molecular weight excluding hydrogens is 208 g/mol. The molecule has 0 heterocycles. The van der Waals surface area contributed by atoms with Gasteiger partial charge in [-0.15, -0.1) is 0 Å². The number of carbonyl (C=O) groups is 2. The van der Waals surface area contributed by atoms with Crippen LogP contribution in [0.3, 0.4) is 0 Å². The first-order valence-corrected chi connectivity index (χ1v) is 4.98. The zero-order chi connectivity index (χ0) is 13.7. The molecule has 0 aliphatic carbocycles. The molecule has 0 saturated carbocycles. The Labute approximate surface area is 97.3 Å². The molecular formula is C12H22O4. The molecule has 0 bridgehead atoms. The number of unbranched alkanes of at least 4 members (excludes halogenated alkanes) is 1. The van der Waals surface area contributed by atoms with E-state index in [1.54, 1.807) is 0 Å². The molecule has 0 atom stereocenters. The van der Waals surface area contributed by atoms with E-state index in [1.807, 2.05) is 0 Å². The van der Waals surface area contributed by atoms with E-state index in [4.69, 9.17) is 10.2 Å². The molecule has 16 heavy (non-hydrogen) atoms.